The number of benzene rings is 1. The van der Waals surface area contributed by atoms with Crippen molar-refractivity contribution >= 4 is 9.84 Å². The molecule has 3 rings (SSSR count). The number of ether oxygens (including phenoxy) is 1. The SMILES string of the molecule is CS(=O)(=O)C1CCCCC1NC1CCOc2ccc(F)cc21. The van der Waals surface area contributed by atoms with E-state index in [1.165, 1.54) is 18.4 Å². The van der Waals surface area contributed by atoms with Gasteiger partial charge < -0.3 is 10.1 Å². The number of halogens is 1. The third-order valence-corrected chi connectivity index (χ3v) is 6.34. The van der Waals surface area contributed by atoms with E-state index in [-0.39, 0.29) is 23.2 Å². The van der Waals surface area contributed by atoms with E-state index >= 15 is 0 Å². The summed E-state index contributed by atoms with van der Waals surface area (Å²) in [5, 5.41) is 3.13. The highest BCUT2D eigenvalue weighted by Gasteiger charge is 2.35. The molecule has 4 nitrogen and oxygen atoms in total. The van der Waals surface area contributed by atoms with Crippen molar-refractivity contribution in [2.75, 3.05) is 12.9 Å². The van der Waals surface area contributed by atoms with Gasteiger partial charge in [0.2, 0.25) is 0 Å². The Kier molecular flexibility index (Phi) is 4.41. The van der Waals surface area contributed by atoms with Crippen molar-refractivity contribution in [3.63, 3.8) is 0 Å². The Morgan fingerprint density at radius 1 is 1.23 bits per heavy atom. The Morgan fingerprint density at radius 2 is 2.00 bits per heavy atom. The standard InChI is InChI=1S/C16H22FNO3S/c1-22(19,20)16-5-3-2-4-14(16)18-13-8-9-21-15-7-6-11(17)10-12(13)15/h6-7,10,13-14,16,18H,2-5,8-9H2,1H3. The molecule has 1 aliphatic carbocycles. The molecule has 1 aromatic rings. The van der Waals surface area contributed by atoms with Crippen molar-refractivity contribution in [1.29, 1.82) is 0 Å². The van der Waals surface area contributed by atoms with Crippen molar-refractivity contribution in [2.24, 2.45) is 0 Å². The summed E-state index contributed by atoms with van der Waals surface area (Å²) < 4.78 is 43.1. The topological polar surface area (TPSA) is 55.4 Å². The predicted molar refractivity (Wildman–Crippen MR) is 83.3 cm³/mol. The molecule has 0 bridgehead atoms. The minimum absolute atomic E-state index is 0.0493. The zero-order chi connectivity index (χ0) is 15.7. The molecule has 1 saturated carbocycles. The lowest BCUT2D eigenvalue weighted by atomic mass is 9.92. The quantitative estimate of drug-likeness (QED) is 0.927. The molecular weight excluding hydrogens is 305 g/mol. The highest BCUT2D eigenvalue weighted by atomic mass is 32.2. The van der Waals surface area contributed by atoms with Gasteiger partial charge in [-0.15, -0.1) is 0 Å². The summed E-state index contributed by atoms with van der Waals surface area (Å²) in [6.07, 6.45) is 5.58. The van der Waals surface area contributed by atoms with E-state index in [0.29, 0.717) is 18.8 Å². The monoisotopic (exact) mass is 327 g/mol. The van der Waals surface area contributed by atoms with Crippen molar-refractivity contribution < 1.29 is 17.5 Å². The molecule has 22 heavy (non-hydrogen) atoms. The van der Waals surface area contributed by atoms with Crippen LogP contribution in [0, 0.1) is 5.82 Å². The summed E-state index contributed by atoms with van der Waals surface area (Å²) in [5.41, 5.74) is 0.795. The summed E-state index contributed by atoms with van der Waals surface area (Å²) in [6, 6.07) is 4.41. The summed E-state index contributed by atoms with van der Waals surface area (Å²) in [5.74, 6) is 0.399. The van der Waals surface area contributed by atoms with Gasteiger partial charge >= 0.3 is 0 Å². The first-order valence-corrected chi connectivity index (χ1v) is 9.78. The first kappa shape index (κ1) is 15.7. The molecule has 1 aliphatic heterocycles. The fourth-order valence-electron chi connectivity index (χ4n) is 3.60. The fourth-order valence-corrected chi connectivity index (χ4v) is 5.00. The Bertz CT molecular complexity index is 647. The maximum atomic E-state index is 13.5. The second kappa shape index (κ2) is 6.16. The number of nitrogens with one attached hydrogen (secondary N) is 1. The Hall–Kier alpha value is -1.14. The molecule has 0 radical (unpaired) electrons. The molecule has 3 atom stereocenters. The van der Waals surface area contributed by atoms with Gasteiger partial charge in [-0.3, -0.25) is 0 Å². The molecule has 122 valence electrons. The number of hydrogen-bond donors (Lipinski definition) is 1. The minimum atomic E-state index is -3.08. The maximum absolute atomic E-state index is 13.5. The van der Waals surface area contributed by atoms with Crippen LogP contribution in [0.2, 0.25) is 0 Å². The van der Waals surface area contributed by atoms with Gasteiger partial charge in [0, 0.05) is 30.3 Å². The number of sulfone groups is 1. The van der Waals surface area contributed by atoms with E-state index < -0.39 is 9.84 Å². The van der Waals surface area contributed by atoms with Crippen LogP contribution in [0.3, 0.4) is 0 Å². The lowest BCUT2D eigenvalue weighted by Gasteiger charge is -2.36. The normalized spacial score (nSPS) is 28.7. The third kappa shape index (κ3) is 3.27. The first-order valence-electron chi connectivity index (χ1n) is 7.82. The molecule has 1 aromatic carbocycles. The smallest absolute Gasteiger partial charge is 0.151 e. The lowest BCUT2D eigenvalue weighted by molar-refractivity contribution is 0.232. The van der Waals surface area contributed by atoms with Crippen LogP contribution in [0.4, 0.5) is 4.39 Å². The Balaban J connectivity index is 1.82. The van der Waals surface area contributed by atoms with Gasteiger partial charge in [0.05, 0.1) is 11.9 Å². The molecule has 0 saturated heterocycles. The lowest BCUT2D eigenvalue weighted by Crippen LogP contribution is -2.48. The van der Waals surface area contributed by atoms with Gasteiger partial charge in [-0.1, -0.05) is 12.8 Å². The summed E-state index contributed by atoms with van der Waals surface area (Å²) in [4.78, 5) is 0. The molecule has 3 unspecified atom stereocenters. The Labute approximate surface area is 131 Å². The molecule has 2 aliphatic rings. The fraction of sp³-hybridized carbons (Fsp3) is 0.625. The van der Waals surface area contributed by atoms with Gasteiger partial charge in [-0.05, 0) is 31.0 Å². The molecule has 1 N–H and O–H groups in total. The first-order chi connectivity index (χ1) is 10.4. The second-order valence-corrected chi connectivity index (χ2v) is 8.56. The van der Waals surface area contributed by atoms with Crippen molar-refractivity contribution in [2.45, 2.75) is 49.4 Å². The van der Waals surface area contributed by atoms with Gasteiger partial charge in [0.25, 0.3) is 0 Å². The van der Waals surface area contributed by atoms with Crippen LogP contribution in [-0.2, 0) is 9.84 Å². The van der Waals surface area contributed by atoms with Crippen molar-refractivity contribution in [3.8, 4) is 5.75 Å². The summed E-state index contributed by atoms with van der Waals surface area (Å²) in [7, 11) is -3.08. The summed E-state index contributed by atoms with van der Waals surface area (Å²) >= 11 is 0. The minimum Gasteiger partial charge on any atom is -0.493 e. The molecular formula is C16H22FNO3S. The maximum Gasteiger partial charge on any atom is 0.151 e. The zero-order valence-corrected chi connectivity index (χ0v) is 13.5. The van der Waals surface area contributed by atoms with Gasteiger partial charge in [-0.25, -0.2) is 12.8 Å². The van der Waals surface area contributed by atoms with Crippen LogP contribution in [-0.4, -0.2) is 32.6 Å². The van der Waals surface area contributed by atoms with Crippen LogP contribution < -0.4 is 10.1 Å². The second-order valence-electron chi connectivity index (χ2n) is 6.30. The average molecular weight is 327 g/mol. The third-order valence-electron chi connectivity index (χ3n) is 4.68. The molecule has 1 heterocycles. The van der Waals surface area contributed by atoms with Crippen LogP contribution in [0.1, 0.15) is 43.7 Å². The van der Waals surface area contributed by atoms with E-state index in [1.807, 2.05) is 0 Å². The van der Waals surface area contributed by atoms with Crippen LogP contribution in [0.25, 0.3) is 0 Å². The predicted octanol–water partition coefficient (Wildman–Crippen LogP) is 2.59. The molecule has 6 heteroatoms. The molecule has 0 amide bonds. The van der Waals surface area contributed by atoms with Crippen LogP contribution in [0.15, 0.2) is 18.2 Å². The van der Waals surface area contributed by atoms with Crippen molar-refractivity contribution in [1.82, 2.24) is 5.32 Å². The van der Waals surface area contributed by atoms with E-state index in [1.54, 1.807) is 6.07 Å². The largest absolute Gasteiger partial charge is 0.493 e. The number of hydrogen-bond acceptors (Lipinski definition) is 4. The Morgan fingerprint density at radius 3 is 2.77 bits per heavy atom. The highest BCUT2D eigenvalue weighted by molar-refractivity contribution is 7.91. The van der Waals surface area contributed by atoms with Crippen LogP contribution in [0.5, 0.6) is 5.75 Å². The number of fused-ring (bicyclic) bond motifs is 1. The van der Waals surface area contributed by atoms with Gasteiger partial charge in [-0.2, -0.15) is 0 Å². The molecule has 0 aromatic heterocycles. The van der Waals surface area contributed by atoms with Crippen LogP contribution >= 0.6 is 0 Å². The van der Waals surface area contributed by atoms with E-state index in [0.717, 1.165) is 31.2 Å². The zero-order valence-electron chi connectivity index (χ0n) is 12.7. The van der Waals surface area contributed by atoms with E-state index in [2.05, 4.69) is 5.32 Å². The highest BCUT2D eigenvalue weighted by Crippen LogP contribution is 2.34. The van der Waals surface area contributed by atoms with Crippen molar-refractivity contribution in [3.05, 3.63) is 29.6 Å². The molecule has 0 spiro atoms. The van der Waals surface area contributed by atoms with Gasteiger partial charge in [0.15, 0.2) is 9.84 Å². The number of rotatable bonds is 3. The van der Waals surface area contributed by atoms with Gasteiger partial charge in [0.1, 0.15) is 11.6 Å². The van der Waals surface area contributed by atoms with E-state index in [9.17, 15) is 12.8 Å². The van der Waals surface area contributed by atoms with E-state index in [4.69, 9.17) is 4.74 Å². The average Bonchev–Trinajstić information content (AvgIpc) is 2.47. The molecule has 1 fully saturated rings. The summed E-state index contributed by atoms with van der Waals surface area (Å²) in [6.45, 7) is 0.562.